The molecule has 1 fully saturated rings. The molecule has 4 nitrogen and oxygen atoms in total. The van der Waals surface area contributed by atoms with Gasteiger partial charge in [0.1, 0.15) is 5.82 Å². The summed E-state index contributed by atoms with van der Waals surface area (Å²) in [6.07, 6.45) is 3.28. The van der Waals surface area contributed by atoms with Crippen LogP contribution in [0, 0.1) is 6.92 Å². The second-order valence-corrected chi connectivity index (χ2v) is 5.56. The first-order valence-electron chi connectivity index (χ1n) is 6.70. The lowest BCUT2D eigenvalue weighted by Gasteiger charge is -2.19. The van der Waals surface area contributed by atoms with Crippen molar-refractivity contribution in [3.8, 4) is 0 Å². The summed E-state index contributed by atoms with van der Waals surface area (Å²) in [7, 11) is 0. The normalized spacial score (nSPS) is 21.2. The van der Waals surface area contributed by atoms with Gasteiger partial charge in [-0.05, 0) is 51.4 Å². The Morgan fingerprint density at radius 2 is 2.17 bits per heavy atom. The zero-order valence-corrected chi connectivity index (χ0v) is 11.3. The fourth-order valence-corrected chi connectivity index (χ4v) is 2.76. The highest BCUT2D eigenvalue weighted by atomic mass is 15.3. The highest BCUT2D eigenvalue weighted by Crippen LogP contribution is 2.27. The molecule has 2 aromatic rings. The molecule has 96 valence electrons. The van der Waals surface area contributed by atoms with Crippen LogP contribution in [0.25, 0.3) is 5.65 Å². The maximum absolute atomic E-state index is 4.40. The zero-order chi connectivity index (χ0) is 12.7. The predicted molar refractivity (Wildman–Crippen MR) is 71.8 cm³/mol. The molecule has 3 rings (SSSR count). The van der Waals surface area contributed by atoms with Gasteiger partial charge in [0.2, 0.25) is 0 Å². The average molecular weight is 244 g/mol. The number of hydrogen-bond donors (Lipinski definition) is 0. The highest BCUT2D eigenvalue weighted by Gasteiger charge is 2.28. The lowest BCUT2D eigenvalue weighted by Crippen LogP contribution is -2.28. The number of aryl methyl sites for hydroxylation is 1. The lowest BCUT2D eigenvalue weighted by molar-refractivity contribution is 0.271. The van der Waals surface area contributed by atoms with Gasteiger partial charge in [-0.15, -0.1) is 10.2 Å². The van der Waals surface area contributed by atoms with E-state index in [1.165, 1.54) is 18.5 Å². The standard InChI is InChI=1S/C14H20N4/c1-10(2)17-6-5-12(9-17)14-16-15-13-8-11(3)4-7-18(13)14/h4,7-8,10,12H,5-6,9H2,1-3H3. The number of fused-ring (bicyclic) bond motifs is 1. The Morgan fingerprint density at radius 1 is 1.33 bits per heavy atom. The molecule has 1 saturated heterocycles. The molecule has 3 heterocycles. The van der Waals surface area contributed by atoms with Crippen molar-refractivity contribution in [2.45, 2.75) is 39.2 Å². The summed E-state index contributed by atoms with van der Waals surface area (Å²) in [5.74, 6) is 1.64. The zero-order valence-electron chi connectivity index (χ0n) is 11.3. The number of nitrogens with zero attached hydrogens (tertiary/aromatic N) is 4. The number of likely N-dealkylation sites (tertiary alicyclic amines) is 1. The summed E-state index contributed by atoms with van der Waals surface area (Å²) in [4.78, 5) is 2.51. The van der Waals surface area contributed by atoms with E-state index in [4.69, 9.17) is 0 Å². The summed E-state index contributed by atoms with van der Waals surface area (Å²) in [5.41, 5.74) is 2.20. The van der Waals surface area contributed by atoms with Crippen molar-refractivity contribution in [1.29, 1.82) is 0 Å². The first-order valence-corrected chi connectivity index (χ1v) is 6.70. The van der Waals surface area contributed by atoms with Gasteiger partial charge in [-0.25, -0.2) is 0 Å². The largest absolute Gasteiger partial charge is 0.300 e. The molecule has 0 radical (unpaired) electrons. The second kappa shape index (κ2) is 4.35. The first-order chi connectivity index (χ1) is 8.65. The topological polar surface area (TPSA) is 33.4 Å². The van der Waals surface area contributed by atoms with Crippen LogP contribution in [-0.4, -0.2) is 38.6 Å². The minimum Gasteiger partial charge on any atom is -0.300 e. The molecule has 0 amide bonds. The molecule has 0 saturated carbocycles. The maximum Gasteiger partial charge on any atom is 0.161 e. The summed E-state index contributed by atoms with van der Waals surface area (Å²) in [6.45, 7) is 8.88. The molecular formula is C14H20N4. The average Bonchev–Trinajstić information content (AvgIpc) is 2.92. The Hall–Kier alpha value is -1.42. The van der Waals surface area contributed by atoms with Gasteiger partial charge in [-0.2, -0.15) is 0 Å². The minimum atomic E-state index is 0.519. The third-order valence-electron chi connectivity index (χ3n) is 3.91. The van der Waals surface area contributed by atoms with Crippen LogP contribution in [0.15, 0.2) is 18.3 Å². The molecule has 0 bridgehead atoms. The summed E-state index contributed by atoms with van der Waals surface area (Å²) in [5, 5.41) is 8.69. The van der Waals surface area contributed by atoms with Crippen molar-refractivity contribution in [3.63, 3.8) is 0 Å². The van der Waals surface area contributed by atoms with Crippen LogP contribution in [0.5, 0.6) is 0 Å². The van der Waals surface area contributed by atoms with Crippen LogP contribution in [0.4, 0.5) is 0 Å². The molecule has 0 aromatic carbocycles. The van der Waals surface area contributed by atoms with E-state index in [9.17, 15) is 0 Å². The minimum absolute atomic E-state index is 0.519. The van der Waals surface area contributed by atoms with E-state index in [0.717, 1.165) is 18.0 Å². The molecule has 0 spiro atoms. The molecule has 1 atom stereocenters. The van der Waals surface area contributed by atoms with Crippen LogP contribution in [0.1, 0.15) is 37.6 Å². The fraction of sp³-hybridized carbons (Fsp3) is 0.571. The van der Waals surface area contributed by atoms with Crippen LogP contribution >= 0.6 is 0 Å². The summed E-state index contributed by atoms with van der Waals surface area (Å²) >= 11 is 0. The molecule has 2 aromatic heterocycles. The van der Waals surface area contributed by atoms with Gasteiger partial charge in [0, 0.05) is 24.7 Å². The van der Waals surface area contributed by atoms with Gasteiger partial charge in [0.25, 0.3) is 0 Å². The number of aromatic nitrogens is 3. The lowest BCUT2D eigenvalue weighted by atomic mass is 10.1. The Morgan fingerprint density at radius 3 is 2.89 bits per heavy atom. The van der Waals surface area contributed by atoms with Gasteiger partial charge in [0.15, 0.2) is 5.65 Å². The third kappa shape index (κ3) is 1.90. The first kappa shape index (κ1) is 11.7. The molecule has 0 N–H and O–H groups in total. The predicted octanol–water partition coefficient (Wildman–Crippen LogP) is 2.24. The highest BCUT2D eigenvalue weighted by molar-refractivity contribution is 5.41. The Balaban J connectivity index is 1.91. The van der Waals surface area contributed by atoms with E-state index in [2.05, 4.69) is 58.6 Å². The van der Waals surface area contributed by atoms with Crippen LogP contribution in [0.2, 0.25) is 0 Å². The van der Waals surface area contributed by atoms with Crippen LogP contribution in [-0.2, 0) is 0 Å². The van der Waals surface area contributed by atoms with Gasteiger partial charge in [0.05, 0.1) is 0 Å². The SMILES string of the molecule is Cc1ccn2c(C3CCN(C(C)C)C3)nnc2c1. The van der Waals surface area contributed by atoms with Crippen molar-refractivity contribution in [1.82, 2.24) is 19.5 Å². The van der Waals surface area contributed by atoms with E-state index in [1.807, 2.05) is 0 Å². The Kier molecular flexibility index (Phi) is 2.82. The number of rotatable bonds is 2. The monoisotopic (exact) mass is 244 g/mol. The molecule has 1 aliphatic heterocycles. The van der Waals surface area contributed by atoms with Crippen molar-refractivity contribution < 1.29 is 0 Å². The van der Waals surface area contributed by atoms with E-state index < -0.39 is 0 Å². The quantitative estimate of drug-likeness (QED) is 0.812. The molecule has 0 aliphatic carbocycles. The Labute approximate surface area is 108 Å². The second-order valence-electron chi connectivity index (χ2n) is 5.56. The van der Waals surface area contributed by atoms with Crippen molar-refractivity contribution in [2.75, 3.05) is 13.1 Å². The van der Waals surface area contributed by atoms with Gasteiger partial charge < -0.3 is 4.90 Å². The van der Waals surface area contributed by atoms with E-state index in [0.29, 0.717) is 12.0 Å². The maximum atomic E-state index is 4.40. The van der Waals surface area contributed by atoms with Crippen molar-refractivity contribution in [2.24, 2.45) is 0 Å². The molecular weight excluding hydrogens is 224 g/mol. The van der Waals surface area contributed by atoms with E-state index in [1.54, 1.807) is 0 Å². The van der Waals surface area contributed by atoms with Gasteiger partial charge in [-0.3, -0.25) is 4.40 Å². The third-order valence-corrected chi connectivity index (χ3v) is 3.91. The van der Waals surface area contributed by atoms with E-state index in [-0.39, 0.29) is 0 Å². The van der Waals surface area contributed by atoms with Gasteiger partial charge >= 0.3 is 0 Å². The fourth-order valence-electron chi connectivity index (χ4n) is 2.76. The summed E-state index contributed by atoms with van der Waals surface area (Å²) < 4.78 is 2.14. The van der Waals surface area contributed by atoms with Crippen molar-refractivity contribution >= 4 is 5.65 Å². The van der Waals surface area contributed by atoms with Gasteiger partial charge in [-0.1, -0.05) is 0 Å². The Bertz CT molecular complexity index is 558. The van der Waals surface area contributed by atoms with Crippen LogP contribution in [0.3, 0.4) is 0 Å². The van der Waals surface area contributed by atoms with Crippen LogP contribution < -0.4 is 0 Å². The number of hydrogen-bond acceptors (Lipinski definition) is 3. The summed E-state index contributed by atoms with van der Waals surface area (Å²) in [6, 6.07) is 4.83. The molecule has 1 aliphatic rings. The smallest absolute Gasteiger partial charge is 0.161 e. The molecule has 18 heavy (non-hydrogen) atoms. The van der Waals surface area contributed by atoms with Crippen molar-refractivity contribution in [3.05, 3.63) is 29.7 Å². The molecule has 1 unspecified atom stereocenters. The number of pyridine rings is 1. The molecule has 4 heteroatoms. The van der Waals surface area contributed by atoms with E-state index >= 15 is 0 Å².